The van der Waals surface area contributed by atoms with Crippen LogP contribution >= 0.6 is 11.3 Å². The second-order valence-corrected chi connectivity index (χ2v) is 17.5. The highest BCUT2D eigenvalue weighted by atomic mass is 32.1. The fourth-order valence-electron chi connectivity index (χ4n) is 9.93. The predicted molar refractivity (Wildman–Crippen MR) is 265 cm³/mol. The van der Waals surface area contributed by atoms with E-state index in [1.54, 1.807) is 0 Å². The molecule has 7 heteroatoms. The molecular formula is C57H33N5OS. The molecule has 0 N–H and O–H groups in total. The topological polar surface area (TPSA) is 61.7 Å². The van der Waals surface area contributed by atoms with Crippen molar-refractivity contribution in [2.45, 2.75) is 0 Å². The number of nitrogens with zero attached hydrogens (tertiary/aromatic N) is 5. The van der Waals surface area contributed by atoms with Crippen LogP contribution in [0.2, 0.25) is 0 Å². The van der Waals surface area contributed by atoms with Crippen LogP contribution in [0.5, 0.6) is 0 Å². The summed E-state index contributed by atoms with van der Waals surface area (Å²) in [5.74, 6) is 1.83. The minimum Gasteiger partial charge on any atom is -0.456 e. The summed E-state index contributed by atoms with van der Waals surface area (Å²) in [6, 6.07) is 70.8. The van der Waals surface area contributed by atoms with Crippen LogP contribution in [-0.4, -0.2) is 24.1 Å². The number of hydrogen-bond donors (Lipinski definition) is 0. The van der Waals surface area contributed by atoms with Gasteiger partial charge in [-0.1, -0.05) is 121 Å². The highest BCUT2D eigenvalue weighted by Crippen LogP contribution is 2.45. The zero-order valence-corrected chi connectivity index (χ0v) is 34.9. The van der Waals surface area contributed by atoms with E-state index in [-0.39, 0.29) is 0 Å². The quantitative estimate of drug-likeness (QED) is 0.173. The second kappa shape index (κ2) is 13.6. The summed E-state index contributed by atoms with van der Waals surface area (Å²) in [6.45, 7) is 0. The molecule has 298 valence electrons. The second-order valence-electron chi connectivity index (χ2n) is 16.4. The van der Waals surface area contributed by atoms with E-state index in [9.17, 15) is 0 Å². The van der Waals surface area contributed by atoms with Crippen molar-refractivity contribution in [3.8, 4) is 45.5 Å². The number of rotatable bonds is 5. The average Bonchev–Trinajstić information content (AvgIpc) is 4.11. The summed E-state index contributed by atoms with van der Waals surface area (Å²) < 4.78 is 13.5. The van der Waals surface area contributed by atoms with Crippen LogP contribution in [0.4, 0.5) is 0 Å². The van der Waals surface area contributed by atoms with E-state index in [0.717, 1.165) is 55.3 Å². The molecule has 14 aromatic rings. The molecule has 64 heavy (non-hydrogen) atoms. The first kappa shape index (κ1) is 35.2. The molecule has 0 unspecified atom stereocenters. The Morgan fingerprint density at radius 1 is 0.328 bits per heavy atom. The van der Waals surface area contributed by atoms with Crippen molar-refractivity contribution in [3.05, 3.63) is 200 Å². The van der Waals surface area contributed by atoms with Crippen molar-refractivity contribution in [1.29, 1.82) is 0 Å². The lowest BCUT2D eigenvalue weighted by molar-refractivity contribution is 0.669. The van der Waals surface area contributed by atoms with Crippen LogP contribution < -0.4 is 0 Å². The summed E-state index contributed by atoms with van der Waals surface area (Å²) >= 11 is 1.86. The van der Waals surface area contributed by atoms with Gasteiger partial charge in [0.1, 0.15) is 11.2 Å². The maximum absolute atomic E-state index is 6.17. The van der Waals surface area contributed by atoms with Gasteiger partial charge in [-0.05, 0) is 78.9 Å². The van der Waals surface area contributed by atoms with Gasteiger partial charge in [0.25, 0.3) is 0 Å². The number of benzene rings is 9. The standard InChI is InChI=1S/C57H33N5OS/c1-2-13-34(14-3-1)55-58-56(60-57(59-55)36-25-29-50-44(32-36)41-19-7-11-24-49(41)63-50)35-15-12-16-37(31-35)62-47-23-10-6-20-42(47)53-48(62)28-30-51-54(53)43-27-26-38(33-52(43)64-51)61-45-21-8-4-17-39(45)40-18-5-9-22-46(40)61/h1-33H. The molecule has 0 fully saturated rings. The van der Waals surface area contributed by atoms with Gasteiger partial charge in [-0.15, -0.1) is 11.3 Å². The summed E-state index contributed by atoms with van der Waals surface area (Å²) in [6.07, 6.45) is 0. The number of para-hydroxylation sites is 4. The Labute approximate surface area is 369 Å². The molecule has 0 bridgehead atoms. The van der Waals surface area contributed by atoms with Gasteiger partial charge in [0.15, 0.2) is 17.5 Å². The highest BCUT2D eigenvalue weighted by molar-refractivity contribution is 7.26. The largest absolute Gasteiger partial charge is 0.456 e. The molecule has 0 amide bonds. The Bertz CT molecular complexity index is 4160. The maximum Gasteiger partial charge on any atom is 0.164 e. The molecule has 0 aliphatic heterocycles. The average molecular weight is 836 g/mol. The first-order valence-electron chi connectivity index (χ1n) is 21.4. The van der Waals surface area contributed by atoms with E-state index in [2.05, 4.69) is 149 Å². The van der Waals surface area contributed by atoms with Crippen molar-refractivity contribution in [3.63, 3.8) is 0 Å². The fraction of sp³-hybridized carbons (Fsp3) is 0. The van der Waals surface area contributed by atoms with Crippen LogP contribution in [0, 0.1) is 0 Å². The Kier molecular flexibility index (Phi) is 7.46. The lowest BCUT2D eigenvalue weighted by atomic mass is 10.1. The molecule has 5 aromatic heterocycles. The SMILES string of the molecule is c1ccc(-c2nc(-c3cccc(-n4c5ccccc5c5c6c(ccc54)sc4cc(-n5c7ccccc7c7ccccc75)ccc46)c3)nc(-c3ccc4oc5ccccc5c4c3)n2)cc1. The van der Waals surface area contributed by atoms with Crippen molar-refractivity contribution in [2.75, 3.05) is 0 Å². The maximum atomic E-state index is 6.17. The number of thiophene rings is 1. The van der Waals surface area contributed by atoms with E-state index < -0.39 is 0 Å². The van der Waals surface area contributed by atoms with Gasteiger partial charge >= 0.3 is 0 Å². The third-order valence-electron chi connectivity index (χ3n) is 12.8. The molecular weight excluding hydrogens is 803 g/mol. The van der Waals surface area contributed by atoms with Gasteiger partial charge in [0.2, 0.25) is 0 Å². The minimum atomic E-state index is 0.603. The molecule has 0 saturated heterocycles. The highest BCUT2D eigenvalue weighted by Gasteiger charge is 2.21. The number of fused-ring (bicyclic) bond motifs is 13. The molecule has 0 spiro atoms. The van der Waals surface area contributed by atoms with Crippen molar-refractivity contribution >= 4 is 97.1 Å². The van der Waals surface area contributed by atoms with Crippen LogP contribution in [-0.2, 0) is 0 Å². The van der Waals surface area contributed by atoms with Gasteiger partial charge in [-0.2, -0.15) is 0 Å². The summed E-state index contributed by atoms with van der Waals surface area (Å²) in [5, 5.41) is 9.65. The zero-order valence-electron chi connectivity index (χ0n) is 34.1. The Hall–Kier alpha value is -8.39. The number of hydrogen-bond acceptors (Lipinski definition) is 5. The van der Waals surface area contributed by atoms with Gasteiger partial charge in [0.05, 0.1) is 22.1 Å². The van der Waals surface area contributed by atoms with E-state index in [1.165, 1.54) is 58.4 Å². The predicted octanol–water partition coefficient (Wildman–Crippen LogP) is 15.3. The van der Waals surface area contributed by atoms with Crippen LogP contribution in [0.1, 0.15) is 0 Å². The molecule has 14 rings (SSSR count). The minimum absolute atomic E-state index is 0.603. The Balaban J connectivity index is 0.938. The Morgan fingerprint density at radius 3 is 1.67 bits per heavy atom. The fourth-order valence-corrected chi connectivity index (χ4v) is 11.1. The van der Waals surface area contributed by atoms with Crippen molar-refractivity contribution < 1.29 is 4.42 Å². The molecule has 0 radical (unpaired) electrons. The third kappa shape index (κ3) is 5.22. The summed E-state index contributed by atoms with van der Waals surface area (Å²) in [4.78, 5) is 15.4. The molecule has 6 nitrogen and oxygen atoms in total. The van der Waals surface area contributed by atoms with Crippen molar-refractivity contribution in [1.82, 2.24) is 24.1 Å². The smallest absolute Gasteiger partial charge is 0.164 e. The normalized spacial score (nSPS) is 12.1. The van der Waals surface area contributed by atoms with E-state index in [1.807, 2.05) is 72.0 Å². The lowest BCUT2D eigenvalue weighted by Crippen LogP contribution is -2.01. The van der Waals surface area contributed by atoms with Crippen LogP contribution in [0.15, 0.2) is 205 Å². The third-order valence-corrected chi connectivity index (χ3v) is 13.9. The number of furan rings is 1. The number of aromatic nitrogens is 5. The molecule has 0 saturated carbocycles. The summed E-state index contributed by atoms with van der Waals surface area (Å²) in [5.41, 5.74) is 11.3. The van der Waals surface area contributed by atoms with Gasteiger partial charge in [-0.3, -0.25) is 0 Å². The molecule has 0 aliphatic carbocycles. The first-order chi connectivity index (χ1) is 31.7. The first-order valence-corrected chi connectivity index (χ1v) is 22.2. The monoisotopic (exact) mass is 835 g/mol. The Morgan fingerprint density at radius 2 is 0.906 bits per heavy atom. The van der Waals surface area contributed by atoms with E-state index in [0.29, 0.717) is 17.5 Å². The van der Waals surface area contributed by atoms with E-state index >= 15 is 0 Å². The molecule has 9 aromatic carbocycles. The molecule has 0 atom stereocenters. The zero-order chi connectivity index (χ0) is 41.9. The lowest BCUT2D eigenvalue weighted by Gasteiger charge is -2.11. The van der Waals surface area contributed by atoms with Crippen LogP contribution in [0.25, 0.3) is 131 Å². The van der Waals surface area contributed by atoms with Crippen LogP contribution in [0.3, 0.4) is 0 Å². The van der Waals surface area contributed by atoms with Gasteiger partial charge in [0, 0.05) is 80.6 Å². The van der Waals surface area contributed by atoms with Gasteiger partial charge in [-0.25, -0.2) is 15.0 Å². The summed E-state index contributed by atoms with van der Waals surface area (Å²) in [7, 11) is 0. The molecule has 5 heterocycles. The van der Waals surface area contributed by atoms with Gasteiger partial charge < -0.3 is 13.6 Å². The molecule has 0 aliphatic rings. The van der Waals surface area contributed by atoms with E-state index in [4.69, 9.17) is 19.4 Å². The van der Waals surface area contributed by atoms with Crippen molar-refractivity contribution in [2.24, 2.45) is 0 Å².